The van der Waals surface area contributed by atoms with Crippen LogP contribution in [-0.2, 0) is 9.53 Å². The van der Waals surface area contributed by atoms with Crippen LogP contribution in [0, 0.1) is 0 Å². The van der Waals surface area contributed by atoms with Gasteiger partial charge in [0.25, 0.3) is 0 Å². The average molecular weight is 354 g/mol. The number of guanidine groups is 1. The predicted octanol–water partition coefficient (Wildman–Crippen LogP) is 0.665. The molecule has 0 saturated carbocycles. The van der Waals surface area contributed by atoms with E-state index in [0.717, 1.165) is 77.6 Å². The molecule has 0 bridgehead atoms. The third-order valence-corrected chi connectivity index (χ3v) is 5.32. The highest BCUT2D eigenvalue weighted by Crippen LogP contribution is 2.26. The van der Waals surface area contributed by atoms with Gasteiger partial charge in [0.15, 0.2) is 5.96 Å². The van der Waals surface area contributed by atoms with Gasteiger partial charge in [-0.25, -0.2) is 0 Å². The predicted molar refractivity (Wildman–Crippen MR) is 101 cm³/mol. The van der Waals surface area contributed by atoms with Gasteiger partial charge in [-0.1, -0.05) is 0 Å². The summed E-state index contributed by atoms with van der Waals surface area (Å²) in [4.78, 5) is 20.7. The molecule has 2 aliphatic rings. The van der Waals surface area contributed by atoms with Crippen LogP contribution in [0.25, 0.3) is 0 Å². The van der Waals surface area contributed by atoms with E-state index in [-0.39, 0.29) is 5.54 Å². The second-order valence-corrected chi connectivity index (χ2v) is 7.19. The molecule has 2 N–H and O–H groups in total. The van der Waals surface area contributed by atoms with Crippen LogP contribution in [0.3, 0.4) is 0 Å². The molecule has 2 rings (SSSR count). The molecule has 7 nitrogen and oxygen atoms in total. The van der Waals surface area contributed by atoms with Crippen molar-refractivity contribution in [3.8, 4) is 0 Å². The lowest BCUT2D eigenvalue weighted by Crippen LogP contribution is -2.51. The van der Waals surface area contributed by atoms with Gasteiger partial charge >= 0.3 is 0 Å². The fourth-order valence-corrected chi connectivity index (χ4v) is 3.48. The normalized spacial score (nSPS) is 21.0. The maximum Gasteiger partial charge on any atom is 0.222 e. The lowest BCUT2D eigenvalue weighted by atomic mass is 9.89. The van der Waals surface area contributed by atoms with Crippen molar-refractivity contribution < 1.29 is 9.53 Å². The molecule has 1 amide bonds. The first kappa shape index (κ1) is 20.0. The minimum absolute atomic E-state index is 0.0859. The van der Waals surface area contributed by atoms with E-state index in [1.54, 1.807) is 0 Å². The Bertz CT molecular complexity index is 447. The molecule has 7 heteroatoms. The average Bonchev–Trinajstić information content (AvgIpc) is 3.02. The third-order valence-electron chi connectivity index (χ3n) is 5.32. The Morgan fingerprint density at radius 3 is 2.68 bits per heavy atom. The van der Waals surface area contributed by atoms with Crippen LogP contribution in [0.15, 0.2) is 4.99 Å². The van der Waals surface area contributed by atoms with Crippen molar-refractivity contribution in [1.29, 1.82) is 0 Å². The summed E-state index contributed by atoms with van der Waals surface area (Å²) in [7, 11) is 4.27. The standard InChI is InChI=1S/C18H35N5O2/c1-4-19-17(20-10-6-12-23-11-5-7-16(23)24)21-15-18(22(2)3)8-13-25-14-9-18/h4-15H2,1-3H3,(H2,19,20,21). The Hall–Kier alpha value is -1.34. The van der Waals surface area contributed by atoms with Gasteiger partial charge < -0.3 is 25.2 Å². The Morgan fingerprint density at radius 1 is 1.32 bits per heavy atom. The fraction of sp³-hybridized carbons (Fsp3) is 0.889. The number of nitrogens with zero attached hydrogens (tertiary/aromatic N) is 3. The molecule has 0 spiro atoms. The van der Waals surface area contributed by atoms with Gasteiger partial charge in [-0.15, -0.1) is 0 Å². The first-order chi connectivity index (χ1) is 12.1. The summed E-state index contributed by atoms with van der Waals surface area (Å²) in [6.07, 6.45) is 4.70. The zero-order valence-electron chi connectivity index (χ0n) is 16.1. The second kappa shape index (κ2) is 9.97. The summed E-state index contributed by atoms with van der Waals surface area (Å²) < 4.78 is 5.53. The van der Waals surface area contributed by atoms with Crippen molar-refractivity contribution >= 4 is 11.9 Å². The molecule has 0 aliphatic carbocycles. The Balaban J connectivity index is 1.81. The molecule has 2 saturated heterocycles. The lowest BCUT2D eigenvalue weighted by molar-refractivity contribution is -0.127. The number of carbonyl (C=O) groups is 1. The number of carbonyl (C=O) groups excluding carboxylic acids is 1. The maximum absolute atomic E-state index is 11.6. The van der Waals surface area contributed by atoms with Gasteiger partial charge in [-0.05, 0) is 46.7 Å². The summed E-state index contributed by atoms with van der Waals surface area (Å²) in [6.45, 7) is 7.88. The van der Waals surface area contributed by atoms with Crippen LogP contribution in [-0.4, -0.2) is 87.2 Å². The smallest absolute Gasteiger partial charge is 0.222 e. The molecule has 0 aromatic carbocycles. The number of aliphatic imine (C=N–C) groups is 1. The van der Waals surface area contributed by atoms with Crippen molar-refractivity contribution in [2.75, 3.05) is 60.0 Å². The first-order valence-corrected chi connectivity index (χ1v) is 9.62. The number of hydrogen-bond acceptors (Lipinski definition) is 4. The van der Waals surface area contributed by atoms with Gasteiger partial charge in [0.05, 0.1) is 6.54 Å². The van der Waals surface area contributed by atoms with E-state index in [2.05, 4.69) is 36.6 Å². The summed E-state index contributed by atoms with van der Waals surface area (Å²) in [5, 5.41) is 6.73. The number of likely N-dealkylation sites (N-methyl/N-ethyl adjacent to an activating group) is 1. The van der Waals surface area contributed by atoms with Crippen molar-refractivity contribution in [3.63, 3.8) is 0 Å². The summed E-state index contributed by atoms with van der Waals surface area (Å²) in [5.41, 5.74) is 0.0859. The second-order valence-electron chi connectivity index (χ2n) is 7.19. The van der Waals surface area contributed by atoms with E-state index in [1.165, 1.54) is 0 Å². The number of hydrogen-bond donors (Lipinski definition) is 2. The van der Waals surface area contributed by atoms with Crippen molar-refractivity contribution in [3.05, 3.63) is 0 Å². The van der Waals surface area contributed by atoms with Crippen LogP contribution in [0.4, 0.5) is 0 Å². The van der Waals surface area contributed by atoms with E-state index in [0.29, 0.717) is 12.3 Å². The van der Waals surface area contributed by atoms with Gasteiger partial charge in [0.2, 0.25) is 5.91 Å². The molecule has 2 fully saturated rings. The molecule has 2 heterocycles. The SMILES string of the molecule is CCNC(=NCC1(N(C)C)CCOCC1)NCCCN1CCCC1=O. The zero-order chi connectivity index (χ0) is 18.1. The molecule has 0 aromatic heterocycles. The number of ether oxygens (including phenoxy) is 1. The van der Waals surface area contributed by atoms with E-state index >= 15 is 0 Å². The van der Waals surface area contributed by atoms with Crippen LogP contribution in [0.5, 0.6) is 0 Å². The van der Waals surface area contributed by atoms with Crippen LogP contribution in [0.1, 0.15) is 39.0 Å². The summed E-state index contributed by atoms with van der Waals surface area (Å²) in [5.74, 6) is 1.16. The molecular weight excluding hydrogens is 318 g/mol. The molecular formula is C18H35N5O2. The van der Waals surface area contributed by atoms with Gasteiger partial charge in [0, 0.05) is 51.4 Å². The van der Waals surface area contributed by atoms with Crippen LogP contribution < -0.4 is 10.6 Å². The van der Waals surface area contributed by atoms with E-state index < -0.39 is 0 Å². The number of amides is 1. The Morgan fingerprint density at radius 2 is 2.08 bits per heavy atom. The van der Waals surface area contributed by atoms with E-state index in [4.69, 9.17) is 9.73 Å². The van der Waals surface area contributed by atoms with E-state index in [9.17, 15) is 4.79 Å². The van der Waals surface area contributed by atoms with Crippen LogP contribution >= 0.6 is 0 Å². The molecule has 0 aromatic rings. The van der Waals surface area contributed by atoms with Crippen molar-refractivity contribution in [1.82, 2.24) is 20.4 Å². The summed E-state index contributed by atoms with van der Waals surface area (Å²) in [6, 6.07) is 0. The monoisotopic (exact) mass is 353 g/mol. The quantitative estimate of drug-likeness (QED) is 0.381. The Labute approximate surface area is 152 Å². The molecule has 0 radical (unpaired) electrons. The molecule has 144 valence electrons. The molecule has 2 aliphatic heterocycles. The summed E-state index contributed by atoms with van der Waals surface area (Å²) >= 11 is 0. The van der Waals surface area contributed by atoms with Gasteiger partial charge in [0.1, 0.15) is 0 Å². The lowest BCUT2D eigenvalue weighted by Gasteiger charge is -2.41. The highest BCUT2D eigenvalue weighted by molar-refractivity contribution is 5.80. The highest BCUT2D eigenvalue weighted by atomic mass is 16.5. The first-order valence-electron chi connectivity index (χ1n) is 9.62. The minimum Gasteiger partial charge on any atom is -0.381 e. The topological polar surface area (TPSA) is 69.2 Å². The highest BCUT2D eigenvalue weighted by Gasteiger charge is 2.34. The van der Waals surface area contributed by atoms with Crippen molar-refractivity contribution in [2.24, 2.45) is 4.99 Å². The molecule has 25 heavy (non-hydrogen) atoms. The van der Waals surface area contributed by atoms with Crippen LogP contribution in [0.2, 0.25) is 0 Å². The zero-order valence-corrected chi connectivity index (χ0v) is 16.1. The maximum atomic E-state index is 11.6. The largest absolute Gasteiger partial charge is 0.381 e. The molecule has 0 unspecified atom stereocenters. The Kier molecular flexibility index (Phi) is 7.96. The number of rotatable bonds is 8. The number of likely N-dealkylation sites (tertiary alicyclic amines) is 1. The van der Waals surface area contributed by atoms with Gasteiger partial charge in [-0.2, -0.15) is 0 Å². The molecule has 0 atom stereocenters. The van der Waals surface area contributed by atoms with Gasteiger partial charge in [-0.3, -0.25) is 9.79 Å². The fourth-order valence-electron chi connectivity index (χ4n) is 3.48. The third kappa shape index (κ3) is 5.85. The number of nitrogens with one attached hydrogen (secondary N) is 2. The van der Waals surface area contributed by atoms with Crippen molar-refractivity contribution in [2.45, 2.75) is 44.6 Å². The minimum atomic E-state index is 0.0859. The van der Waals surface area contributed by atoms with E-state index in [1.807, 2.05) is 4.90 Å².